The van der Waals surface area contributed by atoms with Crippen LogP contribution in [0.4, 0.5) is 5.88 Å². The van der Waals surface area contributed by atoms with Crippen molar-refractivity contribution in [3.05, 3.63) is 28.0 Å². The summed E-state index contributed by atoms with van der Waals surface area (Å²) in [5.41, 5.74) is 5.84. The number of halogens is 1. The SMILES string of the molecule is CC(C)CC[C@@H](N)c1ccc([N+](=O)[O-])o1.Cl. The fraction of sp³-hybridized carbons (Fsp3) is 0.600. The fourth-order valence-electron chi connectivity index (χ4n) is 1.29. The minimum Gasteiger partial charge on any atom is -0.404 e. The number of rotatable bonds is 5. The number of hydrogen-bond donors (Lipinski definition) is 1. The van der Waals surface area contributed by atoms with Crippen molar-refractivity contribution in [2.75, 3.05) is 0 Å². The van der Waals surface area contributed by atoms with Gasteiger partial charge in [-0.05, 0) is 24.8 Å². The summed E-state index contributed by atoms with van der Waals surface area (Å²) in [6.07, 6.45) is 1.76. The van der Waals surface area contributed by atoms with E-state index in [0.717, 1.165) is 12.8 Å². The molecule has 1 aromatic rings. The van der Waals surface area contributed by atoms with Crippen molar-refractivity contribution < 1.29 is 9.34 Å². The van der Waals surface area contributed by atoms with E-state index >= 15 is 0 Å². The summed E-state index contributed by atoms with van der Waals surface area (Å²) in [5.74, 6) is 0.813. The Kier molecular flexibility index (Phi) is 6.06. The van der Waals surface area contributed by atoms with E-state index in [4.69, 9.17) is 10.2 Å². The van der Waals surface area contributed by atoms with Crippen molar-refractivity contribution in [1.82, 2.24) is 0 Å². The summed E-state index contributed by atoms with van der Waals surface area (Å²) in [5, 5.41) is 10.4. The molecule has 1 atom stereocenters. The molecular formula is C10H17ClN2O3. The number of nitrogens with two attached hydrogens (primary N) is 1. The molecule has 0 fully saturated rings. The van der Waals surface area contributed by atoms with Gasteiger partial charge in [0.05, 0.1) is 12.1 Å². The molecule has 0 aliphatic rings. The van der Waals surface area contributed by atoms with Crippen molar-refractivity contribution in [2.24, 2.45) is 11.7 Å². The van der Waals surface area contributed by atoms with Gasteiger partial charge in [-0.2, -0.15) is 0 Å². The molecule has 0 aromatic carbocycles. The van der Waals surface area contributed by atoms with Crippen molar-refractivity contribution in [2.45, 2.75) is 32.7 Å². The number of furan rings is 1. The Labute approximate surface area is 101 Å². The van der Waals surface area contributed by atoms with E-state index in [-0.39, 0.29) is 24.3 Å². The molecule has 2 N–H and O–H groups in total. The summed E-state index contributed by atoms with van der Waals surface area (Å²) in [6, 6.07) is 2.66. The van der Waals surface area contributed by atoms with E-state index in [1.54, 1.807) is 6.07 Å². The molecule has 1 heterocycles. The van der Waals surface area contributed by atoms with Gasteiger partial charge in [-0.25, -0.2) is 0 Å². The van der Waals surface area contributed by atoms with Gasteiger partial charge in [-0.15, -0.1) is 12.4 Å². The highest BCUT2D eigenvalue weighted by Crippen LogP contribution is 2.24. The molecule has 6 heteroatoms. The van der Waals surface area contributed by atoms with Crippen molar-refractivity contribution in [3.63, 3.8) is 0 Å². The standard InChI is InChI=1S/C10H16N2O3.ClH/c1-7(2)3-4-8(11)9-5-6-10(15-9)12(13)14;/h5-8H,3-4,11H2,1-2H3;1H/t8-;/m1./s1. The molecule has 0 saturated carbocycles. The molecule has 1 rings (SSSR count). The van der Waals surface area contributed by atoms with Crippen LogP contribution in [0.3, 0.4) is 0 Å². The average molecular weight is 249 g/mol. The maximum Gasteiger partial charge on any atom is 0.433 e. The zero-order valence-corrected chi connectivity index (χ0v) is 10.2. The second kappa shape index (κ2) is 6.50. The monoisotopic (exact) mass is 248 g/mol. The lowest BCUT2D eigenvalue weighted by Gasteiger charge is -2.09. The molecule has 1 aromatic heterocycles. The third kappa shape index (κ3) is 4.20. The van der Waals surface area contributed by atoms with Gasteiger partial charge in [-0.3, -0.25) is 10.1 Å². The Bertz CT molecular complexity index is 339. The van der Waals surface area contributed by atoms with Gasteiger partial charge in [0.25, 0.3) is 0 Å². The lowest BCUT2D eigenvalue weighted by molar-refractivity contribution is -0.402. The Morgan fingerprint density at radius 3 is 2.50 bits per heavy atom. The molecule has 0 spiro atoms. The fourth-order valence-corrected chi connectivity index (χ4v) is 1.29. The zero-order chi connectivity index (χ0) is 11.4. The third-order valence-electron chi connectivity index (χ3n) is 2.21. The second-order valence-corrected chi connectivity index (χ2v) is 4.01. The van der Waals surface area contributed by atoms with Gasteiger partial charge in [0.15, 0.2) is 0 Å². The van der Waals surface area contributed by atoms with E-state index in [1.807, 2.05) is 0 Å². The number of nitrogens with zero attached hydrogens (tertiary/aromatic N) is 1. The van der Waals surface area contributed by atoms with Gasteiger partial charge in [-0.1, -0.05) is 13.8 Å². The van der Waals surface area contributed by atoms with Crippen molar-refractivity contribution >= 4 is 18.3 Å². The Morgan fingerprint density at radius 2 is 2.06 bits per heavy atom. The molecule has 0 amide bonds. The first-order valence-electron chi connectivity index (χ1n) is 5.00. The molecule has 92 valence electrons. The lowest BCUT2D eigenvalue weighted by Crippen LogP contribution is -2.10. The van der Waals surface area contributed by atoms with Crippen molar-refractivity contribution in [3.8, 4) is 0 Å². The zero-order valence-electron chi connectivity index (χ0n) is 9.38. The van der Waals surface area contributed by atoms with E-state index in [0.29, 0.717) is 11.7 Å². The normalized spacial score (nSPS) is 12.2. The predicted molar refractivity (Wildman–Crippen MR) is 63.6 cm³/mol. The van der Waals surface area contributed by atoms with Crippen LogP contribution in [0.2, 0.25) is 0 Å². The van der Waals surface area contributed by atoms with Crippen LogP contribution in [0.5, 0.6) is 0 Å². The third-order valence-corrected chi connectivity index (χ3v) is 2.21. The van der Waals surface area contributed by atoms with Crippen LogP contribution in [-0.4, -0.2) is 4.92 Å². The quantitative estimate of drug-likeness (QED) is 0.641. The minimum atomic E-state index is -0.557. The second-order valence-electron chi connectivity index (χ2n) is 4.01. The highest BCUT2D eigenvalue weighted by atomic mass is 35.5. The summed E-state index contributed by atoms with van der Waals surface area (Å²) < 4.78 is 5.02. The number of nitro groups is 1. The van der Waals surface area contributed by atoms with E-state index in [9.17, 15) is 10.1 Å². The van der Waals surface area contributed by atoms with Crippen LogP contribution < -0.4 is 5.73 Å². The first-order valence-corrected chi connectivity index (χ1v) is 5.00. The van der Waals surface area contributed by atoms with Crippen LogP contribution in [0, 0.1) is 16.0 Å². The first kappa shape index (κ1) is 14.9. The van der Waals surface area contributed by atoms with Crippen molar-refractivity contribution in [1.29, 1.82) is 0 Å². The van der Waals surface area contributed by atoms with Crippen LogP contribution in [0.1, 0.15) is 38.5 Å². The molecular weight excluding hydrogens is 232 g/mol. The van der Waals surface area contributed by atoms with E-state index in [1.165, 1.54) is 6.07 Å². The van der Waals surface area contributed by atoms with Gasteiger partial charge in [0.2, 0.25) is 0 Å². The Morgan fingerprint density at radius 1 is 1.44 bits per heavy atom. The van der Waals surface area contributed by atoms with E-state index in [2.05, 4.69) is 13.8 Å². The molecule has 16 heavy (non-hydrogen) atoms. The first-order chi connectivity index (χ1) is 7.00. The topological polar surface area (TPSA) is 82.3 Å². The highest BCUT2D eigenvalue weighted by Gasteiger charge is 2.16. The van der Waals surface area contributed by atoms with Gasteiger partial charge in [0, 0.05) is 0 Å². The molecule has 0 aliphatic heterocycles. The van der Waals surface area contributed by atoms with Crippen LogP contribution in [0.25, 0.3) is 0 Å². The van der Waals surface area contributed by atoms with Gasteiger partial charge < -0.3 is 10.2 Å². The minimum absolute atomic E-state index is 0. The summed E-state index contributed by atoms with van der Waals surface area (Å²) in [6.45, 7) is 4.22. The maximum atomic E-state index is 10.4. The van der Waals surface area contributed by atoms with Gasteiger partial charge in [0.1, 0.15) is 10.7 Å². The molecule has 0 saturated heterocycles. The highest BCUT2D eigenvalue weighted by molar-refractivity contribution is 5.85. The van der Waals surface area contributed by atoms with E-state index < -0.39 is 4.92 Å². The Balaban J connectivity index is 0.00000225. The molecule has 0 aliphatic carbocycles. The van der Waals surface area contributed by atoms with Crippen LogP contribution in [0.15, 0.2) is 16.5 Å². The molecule has 0 bridgehead atoms. The summed E-state index contributed by atoms with van der Waals surface area (Å²) in [4.78, 5) is 9.82. The van der Waals surface area contributed by atoms with Crippen LogP contribution >= 0.6 is 12.4 Å². The smallest absolute Gasteiger partial charge is 0.404 e. The molecule has 5 nitrogen and oxygen atoms in total. The predicted octanol–water partition coefficient (Wildman–Crippen LogP) is 3.05. The van der Waals surface area contributed by atoms with Crippen LogP contribution in [-0.2, 0) is 0 Å². The average Bonchev–Trinajstić information content (AvgIpc) is 2.62. The summed E-state index contributed by atoms with van der Waals surface area (Å²) in [7, 11) is 0. The maximum absolute atomic E-state index is 10.4. The summed E-state index contributed by atoms with van der Waals surface area (Å²) >= 11 is 0. The number of hydrogen-bond acceptors (Lipinski definition) is 4. The van der Waals surface area contributed by atoms with Gasteiger partial charge >= 0.3 is 5.88 Å². The largest absolute Gasteiger partial charge is 0.433 e. The molecule has 0 radical (unpaired) electrons. The molecule has 0 unspecified atom stereocenters. The Hall–Kier alpha value is -1.07. The lowest BCUT2D eigenvalue weighted by atomic mass is 10.0.